The molecule has 0 atom stereocenters. The number of aromatic nitrogens is 2. The predicted molar refractivity (Wildman–Crippen MR) is 61.8 cm³/mol. The third-order valence-corrected chi connectivity index (χ3v) is 1.65. The number of anilines is 1. The van der Waals surface area contributed by atoms with Gasteiger partial charge in [0.2, 0.25) is 5.82 Å². The van der Waals surface area contributed by atoms with Crippen molar-refractivity contribution in [3.63, 3.8) is 0 Å². The van der Waals surface area contributed by atoms with Gasteiger partial charge in [-0.2, -0.15) is 4.98 Å². The molecule has 0 aromatic carbocycles. The predicted octanol–water partition coefficient (Wildman–Crippen LogP) is 1.06. The second kappa shape index (κ2) is 5.39. The van der Waals surface area contributed by atoms with E-state index in [1.165, 1.54) is 6.33 Å². The third kappa shape index (κ3) is 3.52. The zero-order valence-corrected chi connectivity index (χ0v) is 10.2. The van der Waals surface area contributed by atoms with Crippen molar-refractivity contribution in [2.75, 3.05) is 19.5 Å². The monoisotopic (exact) mass is 241 g/mol. The molecule has 1 aromatic heterocycles. The van der Waals surface area contributed by atoms with Gasteiger partial charge in [0.15, 0.2) is 0 Å². The molecule has 0 amide bonds. The quantitative estimate of drug-likeness (QED) is 0.608. The fourth-order valence-electron chi connectivity index (χ4n) is 1.13. The number of nitrogens with zero attached hydrogens (tertiary/aromatic N) is 4. The number of hydrogen-bond acceptors (Lipinski definition) is 7. The number of nitrogens with one attached hydrogen (secondary N) is 1. The summed E-state index contributed by atoms with van der Waals surface area (Å²) in [5, 5.41) is 12.5. The van der Waals surface area contributed by atoms with Gasteiger partial charge < -0.3 is 4.74 Å². The van der Waals surface area contributed by atoms with Crippen molar-refractivity contribution >= 4 is 11.5 Å². The van der Waals surface area contributed by atoms with Crippen LogP contribution in [-0.2, 0) is 0 Å². The van der Waals surface area contributed by atoms with Crippen LogP contribution in [0.25, 0.3) is 0 Å². The minimum absolute atomic E-state index is 0.0376. The summed E-state index contributed by atoms with van der Waals surface area (Å²) in [5.74, 6) is 0.0648. The summed E-state index contributed by atoms with van der Waals surface area (Å²) in [5.41, 5.74) is 2.46. The maximum Gasteiger partial charge on any atom is 0.374 e. The molecule has 0 bridgehead atoms. The first kappa shape index (κ1) is 13.1. The number of nitro groups is 1. The molecular weight excluding hydrogens is 226 g/mol. The Balaban J connectivity index is 3.17. The SMILES string of the molecule is CC(C)Oc1ncnc(NN(C)C)c1[N+](=O)[O-]. The average Bonchev–Trinajstić information content (AvgIpc) is 2.14. The lowest BCUT2D eigenvalue weighted by Crippen LogP contribution is -2.22. The molecule has 0 saturated carbocycles. The van der Waals surface area contributed by atoms with Crippen molar-refractivity contribution in [1.82, 2.24) is 15.0 Å². The largest absolute Gasteiger partial charge is 0.470 e. The Kier molecular flexibility index (Phi) is 4.16. The zero-order chi connectivity index (χ0) is 13.0. The zero-order valence-electron chi connectivity index (χ0n) is 10.2. The van der Waals surface area contributed by atoms with Gasteiger partial charge in [-0.1, -0.05) is 0 Å². The first-order chi connectivity index (χ1) is 7.91. The number of hydrazine groups is 1. The number of rotatable bonds is 5. The van der Waals surface area contributed by atoms with E-state index in [2.05, 4.69) is 15.4 Å². The van der Waals surface area contributed by atoms with Crippen LogP contribution < -0.4 is 10.2 Å². The third-order valence-electron chi connectivity index (χ3n) is 1.65. The minimum atomic E-state index is -0.566. The molecule has 0 spiro atoms. The van der Waals surface area contributed by atoms with Crippen LogP contribution >= 0.6 is 0 Å². The van der Waals surface area contributed by atoms with Gasteiger partial charge >= 0.3 is 5.69 Å². The van der Waals surface area contributed by atoms with Gasteiger partial charge in [-0.3, -0.25) is 15.5 Å². The van der Waals surface area contributed by atoms with Crippen molar-refractivity contribution in [2.24, 2.45) is 0 Å². The van der Waals surface area contributed by atoms with Crippen LogP contribution in [0.2, 0.25) is 0 Å². The van der Waals surface area contributed by atoms with E-state index in [4.69, 9.17) is 4.74 Å². The summed E-state index contributed by atoms with van der Waals surface area (Å²) >= 11 is 0. The molecule has 17 heavy (non-hydrogen) atoms. The Hall–Kier alpha value is -1.96. The van der Waals surface area contributed by atoms with E-state index in [1.54, 1.807) is 33.0 Å². The summed E-state index contributed by atoms with van der Waals surface area (Å²) in [6.45, 7) is 3.54. The normalized spacial score (nSPS) is 10.7. The van der Waals surface area contributed by atoms with Crippen molar-refractivity contribution in [3.8, 4) is 5.88 Å². The molecule has 8 heteroatoms. The smallest absolute Gasteiger partial charge is 0.374 e. The van der Waals surface area contributed by atoms with E-state index in [9.17, 15) is 10.1 Å². The second-order valence-electron chi connectivity index (χ2n) is 3.81. The van der Waals surface area contributed by atoms with Crippen molar-refractivity contribution in [2.45, 2.75) is 20.0 Å². The highest BCUT2D eigenvalue weighted by Crippen LogP contribution is 2.31. The molecule has 0 aliphatic rings. The van der Waals surface area contributed by atoms with Crippen LogP contribution in [0.5, 0.6) is 5.88 Å². The highest BCUT2D eigenvalue weighted by atomic mass is 16.6. The van der Waals surface area contributed by atoms with Crippen molar-refractivity contribution < 1.29 is 9.66 Å². The molecule has 1 heterocycles. The van der Waals surface area contributed by atoms with E-state index in [-0.39, 0.29) is 23.5 Å². The standard InChI is InChI=1S/C9H15N5O3/c1-6(2)17-9-7(14(15)16)8(10-5-11-9)12-13(3)4/h5-6H,1-4H3,(H,10,11,12). The molecule has 0 unspecified atom stereocenters. The van der Waals surface area contributed by atoms with E-state index < -0.39 is 4.92 Å². The molecule has 0 aliphatic heterocycles. The number of hydrogen-bond donors (Lipinski definition) is 1. The Morgan fingerprint density at radius 3 is 2.59 bits per heavy atom. The highest BCUT2D eigenvalue weighted by molar-refractivity contribution is 5.60. The molecule has 1 N–H and O–H groups in total. The van der Waals surface area contributed by atoms with Gasteiger partial charge in [-0.15, -0.1) is 0 Å². The van der Waals surface area contributed by atoms with Crippen molar-refractivity contribution in [3.05, 3.63) is 16.4 Å². The van der Waals surface area contributed by atoms with Gasteiger partial charge in [-0.25, -0.2) is 9.99 Å². The lowest BCUT2D eigenvalue weighted by atomic mass is 10.4. The fourth-order valence-corrected chi connectivity index (χ4v) is 1.13. The fraction of sp³-hybridized carbons (Fsp3) is 0.556. The lowest BCUT2D eigenvalue weighted by molar-refractivity contribution is -0.385. The summed E-state index contributed by atoms with van der Waals surface area (Å²) < 4.78 is 5.28. The minimum Gasteiger partial charge on any atom is -0.470 e. The lowest BCUT2D eigenvalue weighted by Gasteiger charge is -2.14. The summed E-state index contributed by atoms with van der Waals surface area (Å²) in [6.07, 6.45) is 1.02. The molecule has 94 valence electrons. The van der Waals surface area contributed by atoms with E-state index in [0.29, 0.717) is 0 Å². The number of ether oxygens (including phenoxy) is 1. The van der Waals surface area contributed by atoms with Crippen LogP contribution in [0, 0.1) is 10.1 Å². The van der Waals surface area contributed by atoms with Crippen LogP contribution in [0.3, 0.4) is 0 Å². The van der Waals surface area contributed by atoms with E-state index >= 15 is 0 Å². The molecule has 1 aromatic rings. The average molecular weight is 241 g/mol. The van der Waals surface area contributed by atoms with Crippen LogP contribution in [-0.4, -0.2) is 40.1 Å². The van der Waals surface area contributed by atoms with E-state index in [1.807, 2.05) is 0 Å². The molecule has 1 rings (SSSR count). The van der Waals surface area contributed by atoms with Gasteiger partial charge in [0.1, 0.15) is 6.33 Å². The first-order valence-corrected chi connectivity index (χ1v) is 5.01. The van der Waals surface area contributed by atoms with Crippen molar-refractivity contribution in [1.29, 1.82) is 0 Å². The van der Waals surface area contributed by atoms with Gasteiger partial charge in [0.05, 0.1) is 11.0 Å². The molecule has 0 aliphatic carbocycles. The molecule has 0 radical (unpaired) electrons. The van der Waals surface area contributed by atoms with Crippen LogP contribution in [0.15, 0.2) is 6.33 Å². The topological polar surface area (TPSA) is 93.4 Å². The molecule has 0 saturated heterocycles. The van der Waals surface area contributed by atoms with Gasteiger partial charge in [-0.05, 0) is 13.8 Å². The first-order valence-electron chi connectivity index (χ1n) is 5.01. The Morgan fingerprint density at radius 2 is 2.12 bits per heavy atom. The van der Waals surface area contributed by atoms with Crippen LogP contribution in [0.1, 0.15) is 13.8 Å². The Bertz CT molecular complexity index is 379. The Morgan fingerprint density at radius 1 is 1.47 bits per heavy atom. The molecule has 0 fully saturated rings. The summed E-state index contributed by atoms with van der Waals surface area (Å²) in [6, 6.07) is 0. The Labute approximate surface area is 98.7 Å². The molecular formula is C9H15N5O3. The van der Waals surface area contributed by atoms with Gasteiger partial charge in [0.25, 0.3) is 5.88 Å². The highest BCUT2D eigenvalue weighted by Gasteiger charge is 2.25. The summed E-state index contributed by atoms with van der Waals surface area (Å²) in [7, 11) is 3.41. The molecule has 8 nitrogen and oxygen atoms in total. The van der Waals surface area contributed by atoms with E-state index in [0.717, 1.165) is 0 Å². The summed E-state index contributed by atoms with van der Waals surface area (Å²) in [4.78, 5) is 18.0. The maximum atomic E-state index is 11.0. The second-order valence-corrected chi connectivity index (χ2v) is 3.81. The van der Waals surface area contributed by atoms with Crippen LogP contribution in [0.4, 0.5) is 11.5 Å². The van der Waals surface area contributed by atoms with Gasteiger partial charge in [0, 0.05) is 14.1 Å². The maximum absolute atomic E-state index is 11.0.